The maximum Gasteiger partial charge on any atom is 0.150 e. The van der Waals surface area contributed by atoms with E-state index in [0.29, 0.717) is 0 Å². The Hall–Kier alpha value is -3.08. The predicted octanol–water partition coefficient (Wildman–Crippen LogP) is 11.4. The van der Waals surface area contributed by atoms with Crippen LogP contribution in [0.1, 0.15) is 172 Å². The standard InChI is InChI=1S/2C18H26O.C8H10O2/c2*1-2-3-4-5-15-6-10-17(11-7-15)18-12-8-16(14-19)9-13-18;9-6-8(10)7-4-2-1-3-5-7/h2*8-9,12-15,17H,2-7,10-11H2,1H3;1-5,8-10H,6H2. The van der Waals surface area contributed by atoms with Gasteiger partial charge in [0, 0.05) is 11.1 Å². The van der Waals surface area contributed by atoms with Crippen molar-refractivity contribution < 1.29 is 19.8 Å². The van der Waals surface area contributed by atoms with Gasteiger partial charge in [0.25, 0.3) is 0 Å². The van der Waals surface area contributed by atoms with Crippen molar-refractivity contribution in [2.75, 3.05) is 6.61 Å². The summed E-state index contributed by atoms with van der Waals surface area (Å²) in [7, 11) is 0. The summed E-state index contributed by atoms with van der Waals surface area (Å²) in [5.74, 6) is 3.39. The first-order chi connectivity index (χ1) is 23.5. The number of benzene rings is 3. The van der Waals surface area contributed by atoms with Gasteiger partial charge in [0.2, 0.25) is 0 Å². The molecule has 2 fully saturated rings. The fourth-order valence-corrected chi connectivity index (χ4v) is 7.41. The number of carbonyl (C=O) groups excluding carboxylic acids is 2. The van der Waals surface area contributed by atoms with Crippen LogP contribution in [0, 0.1) is 11.8 Å². The average molecular weight is 655 g/mol. The van der Waals surface area contributed by atoms with Crippen LogP contribution in [0.2, 0.25) is 0 Å². The van der Waals surface area contributed by atoms with Gasteiger partial charge in [-0.15, -0.1) is 0 Å². The van der Waals surface area contributed by atoms with Crippen molar-refractivity contribution in [3.05, 3.63) is 107 Å². The van der Waals surface area contributed by atoms with Crippen LogP contribution < -0.4 is 0 Å². The van der Waals surface area contributed by atoms with E-state index < -0.39 is 6.10 Å². The zero-order valence-electron chi connectivity index (χ0n) is 29.8. The lowest BCUT2D eigenvalue weighted by Gasteiger charge is -2.29. The van der Waals surface area contributed by atoms with Crippen LogP contribution >= 0.6 is 0 Å². The third-order valence-corrected chi connectivity index (χ3v) is 10.6. The summed E-state index contributed by atoms with van der Waals surface area (Å²) in [6, 6.07) is 25.5. The van der Waals surface area contributed by atoms with Crippen LogP contribution in [0.4, 0.5) is 0 Å². The number of aldehydes is 2. The van der Waals surface area contributed by atoms with Gasteiger partial charge >= 0.3 is 0 Å². The van der Waals surface area contributed by atoms with E-state index in [-0.39, 0.29) is 6.61 Å². The molecule has 3 aromatic rings. The van der Waals surface area contributed by atoms with E-state index in [9.17, 15) is 9.59 Å². The van der Waals surface area contributed by atoms with E-state index in [1.165, 1.54) is 114 Å². The van der Waals surface area contributed by atoms with Crippen molar-refractivity contribution in [2.45, 2.75) is 135 Å². The highest BCUT2D eigenvalue weighted by atomic mass is 16.3. The quantitative estimate of drug-likeness (QED) is 0.134. The molecule has 2 aliphatic rings. The molecule has 2 aliphatic carbocycles. The van der Waals surface area contributed by atoms with Crippen LogP contribution in [-0.4, -0.2) is 29.4 Å². The Labute approximate surface area is 291 Å². The first-order valence-electron chi connectivity index (χ1n) is 18.9. The summed E-state index contributed by atoms with van der Waals surface area (Å²) < 4.78 is 0. The molecule has 0 aliphatic heterocycles. The van der Waals surface area contributed by atoms with Crippen molar-refractivity contribution in [2.24, 2.45) is 11.8 Å². The molecule has 0 spiro atoms. The molecule has 0 bridgehead atoms. The first-order valence-corrected chi connectivity index (χ1v) is 18.9. The van der Waals surface area contributed by atoms with Gasteiger partial charge in [0.15, 0.2) is 0 Å². The molecule has 0 aromatic heterocycles. The number of hydrogen-bond acceptors (Lipinski definition) is 4. The molecule has 1 unspecified atom stereocenters. The highest BCUT2D eigenvalue weighted by Crippen LogP contribution is 2.39. The second-order valence-electron chi connectivity index (χ2n) is 14.1. The van der Waals surface area contributed by atoms with Crippen LogP contribution in [0.5, 0.6) is 0 Å². The van der Waals surface area contributed by atoms with Crippen LogP contribution in [-0.2, 0) is 0 Å². The molecule has 3 aromatic carbocycles. The number of aliphatic hydroxyl groups excluding tert-OH is 2. The van der Waals surface area contributed by atoms with E-state index in [2.05, 4.69) is 38.1 Å². The largest absolute Gasteiger partial charge is 0.393 e. The van der Waals surface area contributed by atoms with E-state index >= 15 is 0 Å². The Bertz CT molecular complexity index is 1160. The fraction of sp³-hybridized carbons (Fsp3) is 0.545. The molecule has 5 rings (SSSR count). The highest BCUT2D eigenvalue weighted by Gasteiger charge is 2.23. The Kier molecular flexibility index (Phi) is 19.1. The maximum atomic E-state index is 10.7. The van der Waals surface area contributed by atoms with Gasteiger partial charge < -0.3 is 10.2 Å². The fourth-order valence-electron chi connectivity index (χ4n) is 7.41. The van der Waals surface area contributed by atoms with Crippen LogP contribution in [0.25, 0.3) is 0 Å². The lowest BCUT2D eigenvalue weighted by atomic mass is 9.77. The van der Waals surface area contributed by atoms with Crippen LogP contribution in [0.3, 0.4) is 0 Å². The van der Waals surface area contributed by atoms with Gasteiger partial charge in [0.05, 0.1) is 6.61 Å². The minimum absolute atomic E-state index is 0.218. The topological polar surface area (TPSA) is 74.6 Å². The number of rotatable bonds is 14. The average Bonchev–Trinajstić information content (AvgIpc) is 3.16. The molecule has 0 heterocycles. The summed E-state index contributed by atoms with van der Waals surface area (Å²) in [5.41, 5.74) is 5.19. The predicted molar refractivity (Wildman–Crippen MR) is 200 cm³/mol. The Morgan fingerprint density at radius 2 is 0.979 bits per heavy atom. The number of aliphatic hydroxyl groups is 2. The van der Waals surface area contributed by atoms with Crippen molar-refractivity contribution >= 4 is 12.6 Å². The normalized spacial score (nSPS) is 21.1. The molecule has 2 N–H and O–H groups in total. The van der Waals surface area contributed by atoms with E-state index in [4.69, 9.17) is 10.2 Å². The lowest BCUT2D eigenvalue weighted by molar-refractivity contribution is 0.0956. The molecule has 0 saturated heterocycles. The Morgan fingerprint density at radius 3 is 1.31 bits per heavy atom. The van der Waals surface area contributed by atoms with Gasteiger partial charge in [0.1, 0.15) is 18.7 Å². The molecule has 4 heteroatoms. The van der Waals surface area contributed by atoms with Gasteiger partial charge in [-0.3, -0.25) is 9.59 Å². The molecular weight excluding hydrogens is 592 g/mol. The zero-order chi connectivity index (χ0) is 34.4. The Morgan fingerprint density at radius 1 is 0.583 bits per heavy atom. The lowest BCUT2D eigenvalue weighted by Crippen LogP contribution is -2.13. The van der Waals surface area contributed by atoms with Gasteiger partial charge in [-0.05, 0) is 91.7 Å². The third kappa shape index (κ3) is 14.2. The van der Waals surface area contributed by atoms with Crippen molar-refractivity contribution in [1.82, 2.24) is 0 Å². The Balaban J connectivity index is 0.000000205. The molecular formula is C44H62O4. The van der Waals surface area contributed by atoms with Crippen LogP contribution in [0.15, 0.2) is 78.9 Å². The minimum atomic E-state index is -0.735. The summed E-state index contributed by atoms with van der Waals surface area (Å²) in [4.78, 5) is 21.3. The van der Waals surface area contributed by atoms with E-state index in [0.717, 1.165) is 52.9 Å². The van der Waals surface area contributed by atoms with Crippen molar-refractivity contribution in [1.29, 1.82) is 0 Å². The highest BCUT2D eigenvalue weighted by molar-refractivity contribution is 5.75. The number of hydrogen-bond donors (Lipinski definition) is 2. The molecule has 2 saturated carbocycles. The summed E-state index contributed by atoms with van der Waals surface area (Å²) >= 11 is 0. The SMILES string of the molecule is CCCCCC1CCC(c2ccc(C=O)cc2)CC1.CCCCCC1CCC(c2ccc(C=O)cc2)CC1.OCC(O)c1ccccc1. The van der Waals surface area contributed by atoms with E-state index in [1.54, 1.807) is 12.1 Å². The number of unbranched alkanes of at least 4 members (excludes halogenated alkanes) is 4. The van der Waals surface area contributed by atoms with Gasteiger partial charge in [-0.1, -0.05) is 144 Å². The van der Waals surface area contributed by atoms with Crippen molar-refractivity contribution in [3.63, 3.8) is 0 Å². The minimum Gasteiger partial charge on any atom is -0.393 e. The molecule has 0 radical (unpaired) electrons. The second-order valence-corrected chi connectivity index (χ2v) is 14.1. The molecule has 262 valence electrons. The van der Waals surface area contributed by atoms with Gasteiger partial charge in [-0.25, -0.2) is 0 Å². The maximum absolute atomic E-state index is 10.7. The molecule has 4 nitrogen and oxygen atoms in total. The van der Waals surface area contributed by atoms with Gasteiger partial charge in [-0.2, -0.15) is 0 Å². The number of carbonyl (C=O) groups is 2. The van der Waals surface area contributed by atoms with E-state index in [1.807, 2.05) is 42.5 Å². The smallest absolute Gasteiger partial charge is 0.150 e. The second kappa shape index (κ2) is 23.3. The molecule has 48 heavy (non-hydrogen) atoms. The summed E-state index contributed by atoms with van der Waals surface area (Å²) in [6.07, 6.45) is 23.2. The monoisotopic (exact) mass is 654 g/mol. The summed E-state index contributed by atoms with van der Waals surface area (Å²) in [5, 5.41) is 17.6. The molecule has 0 amide bonds. The van der Waals surface area contributed by atoms with Crippen molar-refractivity contribution in [3.8, 4) is 0 Å². The molecule has 1 atom stereocenters. The summed E-state index contributed by atoms with van der Waals surface area (Å²) in [6.45, 7) is 4.34. The first kappa shape index (κ1) is 39.4. The zero-order valence-corrected chi connectivity index (χ0v) is 29.8. The third-order valence-electron chi connectivity index (χ3n) is 10.6.